The molecule has 0 saturated carbocycles. The lowest BCUT2D eigenvalue weighted by Gasteiger charge is -2.15. The number of hydrogen-bond acceptors (Lipinski definition) is 4. The third-order valence-corrected chi connectivity index (χ3v) is 7.73. The molecule has 0 heterocycles. The molecule has 4 nitrogen and oxygen atoms in total. The summed E-state index contributed by atoms with van der Waals surface area (Å²) in [6.45, 7) is 4.27. The van der Waals surface area contributed by atoms with Crippen molar-refractivity contribution < 1.29 is 19.8 Å². The molecule has 1 atom stereocenters. The quantitative estimate of drug-likeness (QED) is 0.178. The molecule has 30 heavy (non-hydrogen) atoms. The maximum Gasteiger partial charge on any atom is 0.303 e. The predicted molar refractivity (Wildman–Crippen MR) is 128 cm³/mol. The van der Waals surface area contributed by atoms with Gasteiger partial charge in [0.05, 0.1) is 0 Å². The molecule has 1 aromatic carbocycles. The van der Waals surface area contributed by atoms with Crippen LogP contribution in [-0.4, -0.2) is 33.2 Å². The molecule has 6 heteroatoms. The molecule has 0 amide bonds. The van der Waals surface area contributed by atoms with Crippen LogP contribution in [0.1, 0.15) is 89.5 Å². The van der Waals surface area contributed by atoms with E-state index in [9.17, 15) is 9.59 Å². The second-order valence-electron chi connectivity index (χ2n) is 7.94. The van der Waals surface area contributed by atoms with Gasteiger partial charge >= 0.3 is 11.9 Å². The van der Waals surface area contributed by atoms with E-state index in [1.165, 1.54) is 53.9 Å². The summed E-state index contributed by atoms with van der Waals surface area (Å²) < 4.78 is 0. The number of carbonyl (C=O) groups is 2. The maximum absolute atomic E-state index is 10.8. The largest absolute Gasteiger partial charge is 0.481 e. The van der Waals surface area contributed by atoms with Crippen LogP contribution in [-0.2, 0) is 9.59 Å². The Morgan fingerprint density at radius 2 is 1.43 bits per heavy atom. The molecule has 0 aromatic heterocycles. The van der Waals surface area contributed by atoms with Crippen LogP contribution in [0.2, 0.25) is 0 Å². The van der Waals surface area contributed by atoms with E-state index in [0.717, 1.165) is 25.0 Å². The first-order chi connectivity index (χ1) is 14.4. The van der Waals surface area contributed by atoms with E-state index in [-0.39, 0.29) is 6.42 Å². The Morgan fingerprint density at radius 3 is 2.03 bits per heavy atom. The first-order valence-electron chi connectivity index (χ1n) is 11.2. The molecule has 0 aliphatic carbocycles. The lowest BCUT2D eigenvalue weighted by molar-refractivity contribution is -0.138. The minimum absolute atomic E-state index is 0.227. The summed E-state index contributed by atoms with van der Waals surface area (Å²) in [5, 5.41) is 17.8. The van der Waals surface area contributed by atoms with E-state index in [0.29, 0.717) is 18.1 Å². The smallest absolute Gasteiger partial charge is 0.303 e. The maximum atomic E-state index is 10.8. The zero-order valence-electron chi connectivity index (χ0n) is 18.5. The zero-order valence-corrected chi connectivity index (χ0v) is 20.2. The molecule has 0 bridgehead atoms. The lowest BCUT2D eigenvalue weighted by Crippen LogP contribution is -2.02. The summed E-state index contributed by atoms with van der Waals surface area (Å²) in [6.07, 6.45) is 11.7. The summed E-state index contributed by atoms with van der Waals surface area (Å²) in [4.78, 5) is 23.9. The van der Waals surface area contributed by atoms with Gasteiger partial charge in [0, 0.05) is 27.9 Å². The highest BCUT2D eigenvalue weighted by Crippen LogP contribution is 2.37. The summed E-state index contributed by atoms with van der Waals surface area (Å²) >= 11 is 3.73. The van der Waals surface area contributed by atoms with Crippen LogP contribution >= 0.6 is 23.5 Å². The molecule has 0 spiro atoms. The van der Waals surface area contributed by atoms with Gasteiger partial charge in [-0.2, -0.15) is 0 Å². The predicted octanol–water partition coefficient (Wildman–Crippen LogP) is 7.42. The Bertz CT molecular complexity index is 634. The van der Waals surface area contributed by atoms with Gasteiger partial charge in [-0.25, -0.2) is 0 Å². The highest BCUT2D eigenvalue weighted by molar-refractivity contribution is 8.02. The van der Waals surface area contributed by atoms with Crippen molar-refractivity contribution in [3.63, 3.8) is 0 Å². The molecule has 170 valence electrons. The van der Waals surface area contributed by atoms with Crippen molar-refractivity contribution >= 4 is 35.5 Å². The third kappa shape index (κ3) is 13.2. The third-order valence-electron chi connectivity index (χ3n) is 5.05. The van der Waals surface area contributed by atoms with Crippen LogP contribution in [0.3, 0.4) is 0 Å². The lowest BCUT2D eigenvalue weighted by atomic mass is 10.1. The Labute approximate surface area is 190 Å². The number of rotatable bonds is 18. The molecule has 1 aromatic rings. The number of unbranched alkanes of at least 4 members (excludes halogenated alkanes) is 8. The van der Waals surface area contributed by atoms with Gasteiger partial charge in [-0.15, -0.1) is 23.5 Å². The average molecular weight is 455 g/mol. The van der Waals surface area contributed by atoms with Gasteiger partial charge in [0.2, 0.25) is 0 Å². The SMILES string of the molecule is Cc1cccc(SC(C)CCC(=O)O)c1SCCCCCCCCCCCC(=O)O. The molecule has 0 fully saturated rings. The molecule has 0 radical (unpaired) electrons. The summed E-state index contributed by atoms with van der Waals surface area (Å²) in [5.74, 6) is -0.284. The normalized spacial score (nSPS) is 12.1. The fourth-order valence-corrected chi connectivity index (χ4v) is 5.77. The number of aliphatic carboxylic acids is 2. The molecule has 1 rings (SSSR count). The molecular weight excluding hydrogens is 416 g/mol. The van der Waals surface area contributed by atoms with Crippen molar-refractivity contribution in [3.05, 3.63) is 23.8 Å². The molecule has 0 aliphatic heterocycles. The number of hydrogen-bond donors (Lipinski definition) is 2. The Kier molecular flexibility index (Phi) is 14.8. The first kappa shape index (κ1) is 26.9. The van der Waals surface area contributed by atoms with E-state index in [2.05, 4.69) is 32.0 Å². The van der Waals surface area contributed by atoms with Gasteiger partial charge in [-0.05, 0) is 43.6 Å². The molecule has 0 aliphatic rings. The van der Waals surface area contributed by atoms with Gasteiger partial charge in [0.15, 0.2) is 0 Å². The monoisotopic (exact) mass is 454 g/mol. The van der Waals surface area contributed by atoms with Crippen LogP contribution < -0.4 is 0 Å². The molecular formula is C24H38O4S2. The fourth-order valence-electron chi connectivity index (χ4n) is 3.30. The van der Waals surface area contributed by atoms with Gasteiger partial charge in [-0.1, -0.05) is 64.0 Å². The summed E-state index contributed by atoms with van der Waals surface area (Å²) in [7, 11) is 0. The number of carboxylic acids is 2. The fraction of sp³-hybridized carbons (Fsp3) is 0.667. The molecule has 2 N–H and O–H groups in total. The van der Waals surface area contributed by atoms with Crippen molar-refractivity contribution in [1.29, 1.82) is 0 Å². The van der Waals surface area contributed by atoms with Gasteiger partial charge in [0.1, 0.15) is 0 Å². The van der Waals surface area contributed by atoms with E-state index in [1.807, 2.05) is 11.8 Å². The average Bonchev–Trinajstić information content (AvgIpc) is 2.68. The molecule has 1 unspecified atom stereocenters. The summed E-state index contributed by atoms with van der Waals surface area (Å²) in [6, 6.07) is 6.41. The summed E-state index contributed by atoms with van der Waals surface area (Å²) in [5.41, 5.74) is 1.30. The van der Waals surface area contributed by atoms with Crippen molar-refractivity contribution in [1.82, 2.24) is 0 Å². The Morgan fingerprint density at radius 1 is 0.867 bits per heavy atom. The van der Waals surface area contributed by atoms with Crippen molar-refractivity contribution in [3.8, 4) is 0 Å². The van der Waals surface area contributed by atoms with E-state index in [1.54, 1.807) is 11.8 Å². The highest BCUT2D eigenvalue weighted by atomic mass is 32.2. The first-order valence-corrected chi connectivity index (χ1v) is 13.1. The number of aryl methyl sites for hydroxylation is 1. The van der Waals surface area contributed by atoms with Crippen molar-refractivity contribution in [2.75, 3.05) is 5.75 Å². The van der Waals surface area contributed by atoms with Crippen LogP contribution in [0, 0.1) is 6.92 Å². The van der Waals surface area contributed by atoms with Crippen molar-refractivity contribution in [2.45, 2.75) is 106 Å². The van der Waals surface area contributed by atoms with E-state index >= 15 is 0 Å². The Hall–Kier alpha value is -1.14. The number of thioether (sulfide) groups is 2. The van der Waals surface area contributed by atoms with E-state index < -0.39 is 11.9 Å². The topological polar surface area (TPSA) is 74.6 Å². The number of benzene rings is 1. The van der Waals surface area contributed by atoms with Gasteiger partial charge < -0.3 is 10.2 Å². The minimum Gasteiger partial charge on any atom is -0.481 e. The second kappa shape index (κ2) is 16.5. The second-order valence-corrected chi connectivity index (χ2v) is 10.5. The van der Waals surface area contributed by atoms with Crippen molar-refractivity contribution in [2.24, 2.45) is 0 Å². The van der Waals surface area contributed by atoms with Crippen LogP contribution in [0.5, 0.6) is 0 Å². The Balaban J connectivity index is 2.19. The van der Waals surface area contributed by atoms with Gasteiger partial charge in [0.25, 0.3) is 0 Å². The highest BCUT2D eigenvalue weighted by Gasteiger charge is 2.12. The zero-order chi connectivity index (χ0) is 22.2. The number of carboxylic acid groups (broad SMARTS) is 2. The van der Waals surface area contributed by atoms with Crippen LogP contribution in [0.15, 0.2) is 28.0 Å². The van der Waals surface area contributed by atoms with Crippen LogP contribution in [0.4, 0.5) is 0 Å². The standard InChI is InChI=1S/C24H38O4S2/c1-19-13-12-14-21(30-20(2)16-17-23(27)28)24(19)29-18-11-9-7-5-3-4-6-8-10-15-22(25)26/h12-14,20H,3-11,15-18H2,1-2H3,(H,25,26)(H,27,28). The van der Waals surface area contributed by atoms with Crippen LogP contribution in [0.25, 0.3) is 0 Å². The van der Waals surface area contributed by atoms with E-state index in [4.69, 9.17) is 10.2 Å². The molecule has 0 saturated heterocycles. The van der Waals surface area contributed by atoms with Gasteiger partial charge in [-0.3, -0.25) is 9.59 Å². The minimum atomic E-state index is -0.723.